The van der Waals surface area contributed by atoms with E-state index in [1.54, 1.807) is 22.7 Å². The lowest BCUT2D eigenvalue weighted by molar-refractivity contribution is -0.138. The summed E-state index contributed by atoms with van der Waals surface area (Å²) >= 11 is 6.78. The van der Waals surface area contributed by atoms with Crippen LogP contribution in [0.4, 0.5) is 5.13 Å². The third kappa shape index (κ3) is 2.62. The lowest BCUT2D eigenvalue weighted by Gasteiger charge is -2.14. The first-order chi connectivity index (χ1) is 9.54. The number of fused-ring (bicyclic) bond motifs is 1. The number of anilines is 1. The maximum atomic E-state index is 11.2. The second kappa shape index (κ2) is 5.46. The van der Waals surface area contributed by atoms with Gasteiger partial charge in [-0.1, -0.05) is 0 Å². The number of carboxylic acid groups (broad SMARTS) is 1. The van der Waals surface area contributed by atoms with Crippen LogP contribution in [0.1, 0.15) is 27.8 Å². The largest absolute Gasteiger partial charge is 0.481 e. The van der Waals surface area contributed by atoms with Crippen LogP contribution in [0.5, 0.6) is 0 Å². The van der Waals surface area contributed by atoms with Crippen LogP contribution < -0.4 is 4.90 Å². The number of aliphatic carboxylic acids is 1. The van der Waals surface area contributed by atoms with Crippen LogP contribution in [0.15, 0.2) is 15.9 Å². The molecule has 1 N–H and O–H groups in total. The van der Waals surface area contributed by atoms with Crippen molar-refractivity contribution in [2.24, 2.45) is 0 Å². The number of halogens is 1. The third-order valence-corrected chi connectivity index (χ3v) is 6.27. The summed E-state index contributed by atoms with van der Waals surface area (Å²) in [5, 5.41) is 12.2. The first-order valence-electron chi connectivity index (χ1n) is 6.21. The molecule has 1 unspecified atom stereocenters. The molecular formula is C13H13BrN2O2S2. The summed E-state index contributed by atoms with van der Waals surface area (Å²) in [5.74, 6) is -1.18. The first-order valence-corrected chi connectivity index (χ1v) is 8.70. The average Bonchev–Trinajstić information content (AvgIpc) is 3.03. The zero-order chi connectivity index (χ0) is 14.3. The number of carboxylic acids is 1. The van der Waals surface area contributed by atoms with Gasteiger partial charge < -0.3 is 10.0 Å². The molecule has 0 saturated heterocycles. The summed E-state index contributed by atoms with van der Waals surface area (Å²) in [6.07, 6.45) is 1.52. The molecule has 1 aliphatic carbocycles. The van der Waals surface area contributed by atoms with Crippen LogP contribution in [0.2, 0.25) is 0 Å². The molecule has 0 amide bonds. The highest BCUT2D eigenvalue weighted by atomic mass is 79.9. The molecule has 106 valence electrons. The highest BCUT2D eigenvalue weighted by molar-refractivity contribution is 9.10. The molecule has 20 heavy (non-hydrogen) atoms. The van der Waals surface area contributed by atoms with Crippen molar-refractivity contribution in [1.29, 1.82) is 0 Å². The van der Waals surface area contributed by atoms with E-state index in [0.717, 1.165) is 33.1 Å². The minimum Gasteiger partial charge on any atom is -0.481 e. The topological polar surface area (TPSA) is 53.4 Å². The molecule has 1 aliphatic rings. The second-order valence-electron chi connectivity index (χ2n) is 4.82. The van der Waals surface area contributed by atoms with Crippen molar-refractivity contribution in [1.82, 2.24) is 4.98 Å². The Labute approximate surface area is 133 Å². The van der Waals surface area contributed by atoms with E-state index in [2.05, 4.69) is 37.3 Å². The van der Waals surface area contributed by atoms with Gasteiger partial charge in [-0.3, -0.25) is 4.79 Å². The van der Waals surface area contributed by atoms with E-state index in [-0.39, 0.29) is 0 Å². The summed E-state index contributed by atoms with van der Waals surface area (Å²) in [6.45, 7) is 0.792. The number of aromatic nitrogens is 1. The first kappa shape index (κ1) is 14.0. The number of aryl methyl sites for hydroxylation is 1. The minimum atomic E-state index is -0.759. The molecule has 0 bridgehead atoms. The molecule has 7 heteroatoms. The summed E-state index contributed by atoms with van der Waals surface area (Å²) < 4.78 is 1.10. The number of nitrogens with zero attached hydrogens (tertiary/aromatic N) is 2. The summed E-state index contributed by atoms with van der Waals surface area (Å²) in [6, 6.07) is 2.10. The van der Waals surface area contributed by atoms with E-state index in [4.69, 9.17) is 0 Å². The van der Waals surface area contributed by atoms with E-state index < -0.39 is 11.9 Å². The van der Waals surface area contributed by atoms with Crippen LogP contribution >= 0.6 is 38.6 Å². The highest BCUT2D eigenvalue weighted by Gasteiger charge is 2.32. The molecule has 2 heterocycles. The fourth-order valence-electron chi connectivity index (χ4n) is 2.36. The Hall–Kier alpha value is -0.920. The van der Waals surface area contributed by atoms with Gasteiger partial charge in [0.1, 0.15) is 5.92 Å². The Morgan fingerprint density at radius 1 is 1.65 bits per heavy atom. The summed E-state index contributed by atoms with van der Waals surface area (Å²) in [5.41, 5.74) is 0.775. The molecule has 0 aromatic carbocycles. The highest BCUT2D eigenvalue weighted by Crippen LogP contribution is 2.39. The van der Waals surface area contributed by atoms with Gasteiger partial charge in [-0.05, 0) is 34.8 Å². The average molecular weight is 373 g/mol. The van der Waals surface area contributed by atoms with Crippen LogP contribution in [-0.2, 0) is 17.8 Å². The van der Waals surface area contributed by atoms with Gasteiger partial charge in [-0.15, -0.1) is 22.7 Å². The molecular weight excluding hydrogens is 360 g/mol. The Balaban J connectivity index is 1.78. The fourth-order valence-corrected chi connectivity index (χ4v) is 4.96. The van der Waals surface area contributed by atoms with Gasteiger partial charge in [0.25, 0.3) is 0 Å². The fraction of sp³-hybridized carbons (Fsp3) is 0.385. The SMILES string of the molecule is CN(Cc1cc(Br)cs1)c1nc2c(s1)CCC2C(=O)O. The maximum absolute atomic E-state index is 11.2. The Kier molecular flexibility index (Phi) is 3.83. The molecule has 0 radical (unpaired) electrons. The molecule has 1 atom stereocenters. The predicted molar refractivity (Wildman–Crippen MR) is 84.9 cm³/mol. The predicted octanol–water partition coefficient (Wildman–Crippen LogP) is 3.72. The normalized spacial score (nSPS) is 17.2. The number of thiazole rings is 1. The maximum Gasteiger partial charge on any atom is 0.312 e. The molecule has 4 nitrogen and oxygen atoms in total. The van der Waals surface area contributed by atoms with Crippen molar-refractivity contribution in [2.75, 3.05) is 11.9 Å². The lowest BCUT2D eigenvalue weighted by Crippen LogP contribution is -2.16. The second-order valence-corrected chi connectivity index (χ2v) is 7.80. The lowest BCUT2D eigenvalue weighted by atomic mass is 10.1. The Morgan fingerprint density at radius 2 is 2.45 bits per heavy atom. The van der Waals surface area contributed by atoms with Crippen LogP contribution in [-0.4, -0.2) is 23.1 Å². The zero-order valence-electron chi connectivity index (χ0n) is 10.8. The Bertz CT molecular complexity index is 653. The van der Waals surface area contributed by atoms with Gasteiger partial charge in [-0.25, -0.2) is 4.98 Å². The smallest absolute Gasteiger partial charge is 0.312 e. The van der Waals surface area contributed by atoms with Gasteiger partial charge in [0.15, 0.2) is 5.13 Å². The Morgan fingerprint density at radius 3 is 3.10 bits per heavy atom. The summed E-state index contributed by atoms with van der Waals surface area (Å²) in [7, 11) is 2.00. The number of hydrogen-bond donors (Lipinski definition) is 1. The standard InChI is InChI=1S/C13H13BrN2O2S2/c1-16(5-8-4-7(14)6-19-8)13-15-11-9(12(17)18)2-3-10(11)20-13/h4,6,9H,2-3,5H2,1H3,(H,17,18). The number of rotatable bonds is 4. The zero-order valence-corrected chi connectivity index (χ0v) is 14.0. The quantitative estimate of drug-likeness (QED) is 0.888. The van der Waals surface area contributed by atoms with Crippen molar-refractivity contribution in [3.8, 4) is 0 Å². The molecule has 0 saturated carbocycles. The number of thiophene rings is 1. The van der Waals surface area contributed by atoms with Crippen LogP contribution in [0.3, 0.4) is 0 Å². The molecule has 3 rings (SSSR count). The number of hydrogen-bond acceptors (Lipinski definition) is 5. The molecule has 2 aromatic rings. The van der Waals surface area contributed by atoms with Gasteiger partial charge in [0.05, 0.1) is 12.2 Å². The molecule has 2 aromatic heterocycles. The van der Waals surface area contributed by atoms with Crippen molar-refractivity contribution in [3.63, 3.8) is 0 Å². The van der Waals surface area contributed by atoms with Crippen molar-refractivity contribution < 1.29 is 9.90 Å². The molecule has 0 aliphatic heterocycles. The van der Waals surface area contributed by atoms with E-state index in [1.165, 1.54) is 4.88 Å². The number of carbonyl (C=O) groups is 1. The van der Waals surface area contributed by atoms with Crippen molar-refractivity contribution in [3.05, 3.63) is 31.4 Å². The van der Waals surface area contributed by atoms with Gasteiger partial charge >= 0.3 is 5.97 Å². The van der Waals surface area contributed by atoms with Gasteiger partial charge in [0, 0.05) is 26.7 Å². The van der Waals surface area contributed by atoms with E-state index >= 15 is 0 Å². The monoisotopic (exact) mass is 372 g/mol. The van der Waals surface area contributed by atoms with E-state index in [0.29, 0.717) is 6.42 Å². The van der Waals surface area contributed by atoms with Crippen LogP contribution in [0, 0.1) is 0 Å². The van der Waals surface area contributed by atoms with Crippen LogP contribution in [0.25, 0.3) is 0 Å². The van der Waals surface area contributed by atoms with Gasteiger partial charge in [0.2, 0.25) is 0 Å². The molecule has 0 fully saturated rings. The molecule has 0 spiro atoms. The van der Waals surface area contributed by atoms with E-state index in [1.807, 2.05) is 7.05 Å². The van der Waals surface area contributed by atoms with Gasteiger partial charge in [-0.2, -0.15) is 0 Å². The van der Waals surface area contributed by atoms with E-state index in [9.17, 15) is 9.90 Å². The van der Waals surface area contributed by atoms with Crippen molar-refractivity contribution in [2.45, 2.75) is 25.3 Å². The summed E-state index contributed by atoms with van der Waals surface area (Å²) in [4.78, 5) is 20.2. The third-order valence-electron chi connectivity index (χ3n) is 3.35. The van der Waals surface area contributed by atoms with Crippen molar-refractivity contribution >= 4 is 49.7 Å². The minimum absolute atomic E-state index is 0.417.